The number of carboxylic acids is 1. The van der Waals surface area contributed by atoms with Crippen molar-refractivity contribution >= 4 is 29.4 Å². The number of carbonyl (C=O) groups is 1. The number of nitrogens with zero attached hydrogens (tertiary/aromatic N) is 1. The normalized spacial score (nSPS) is 22.4. The van der Waals surface area contributed by atoms with Crippen LogP contribution in [0, 0.1) is 5.92 Å². The third-order valence-corrected chi connectivity index (χ3v) is 9.03. The van der Waals surface area contributed by atoms with Gasteiger partial charge in [-0.1, -0.05) is 13.0 Å². The van der Waals surface area contributed by atoms with Crippen molar-refractivity contribution in [3.63, 3.8) is 0 Å². The van der Waals surface area contributed by atoms with E-state index in [1.807, 2.05) is 0 Å². The summed E-state index contributed by atoms with van der Waals surface area (Å²) in [6, 6.07) is -0.786. The molecule has 0 radical (unpaired) electrons. The van der Waals surface area contributed by atoms with Gasteiger partial charge < -0.3 is 49.6 Å². The number of carboxylic acid groups (broad SMARTS) is 1. The topological polar surface area (TPSA) is 280 Å². The zero-order chi connectivity index (χ0) is 31.8. The van der Waals surface area contributed by atoms with Gasteiger partial charge in [-0.3, -0.25) is 13.6 Å². The fraction of sp³-hybridized carbons (Fsp3) is 0.750. The van der Waals surface area contributed by atoms with E-state index in [1.165, 1.54) is 44.9 Å². The fourth-order valence-electron chi connectivity index (χ4n) is 3.32. The molecule has 0 bridgehead atoms. The number of rotatable bonds is 19. The SMILES string of the molecule is CC(COP(=O)(O)OP(=O)(O)OC[C@H](CO)O[C@@H](C)[C@@H](C)OP(=O)(O)O)[C@@H](O)[C@@H](O)C(C)N1C=C(C(=O)O)C=CC1. The van der Waals surface area contributed by atoms with Crippen molar-refractivity contribution in [3.8, 4) is 0 Å². The maximum atomic E-state index is 12.2. The van der Waals surface area contributed by atoms with E-state index in [-0.39, 0.29) is 12.1 Å². The van der Waals surface area contributed by atoms with E-state index in [1.54, 1.807) is 6.08 Å². The van der Waals surface area contributed by atoms with Crippen molar-refractivity contribution in [2.75, 3.05) is 26.4 Å². The lowest BCUT2D eigenvalue weighted by atomic mass is 9.95. The molecule has 1 aliphatic rings. The van der Waals surface area contributed by atoms with Crippen molar-refractivity contribution in [2.45, 2.75) is 64.3 Å². The van der Waals surface area contributed by atoms with Crippen LogP contribution in [0.3, 0.4) is 0 Å². The summed E-state index contributed by atoms with van der Waals surface area (Å²) in [7, 11) is -15.4. The van der Waals surface area contributed by atoms with Gasteiger partial charge in [0.15, 0.2) is 0 Å². The number of ether oxygens (including phenoxy) is 1. The van der Waals surface area contributed by atoms with E-state index in [0.717, 1.165) is 0 Å². The van der Waals surface area contributed by atoms with Crippen LogP contribution in [0.2, 0.25) is 0 Å². The smallest absolute Gasteiger partial charge is 0.478 e. The van der Waals surface area contributed by atoms with E-state index >= 15 is 0 Å². The number of phosphoric acid groups is 3. The number of aliphatic carboxylic acids is 1. The van der Waals surface area contributed by atoms with E-state index in [2.05, 4.69) is 17.9 Å². The molecule has 240 valence electrons. The Morgan fingerprint density at radius 3 is 2.02 bits per heavy atom. The molecule has 4 unspecified atom stereocenters. The van der Waals surface area contributed by atoms with Crippen molar-refractivity contribution in [2.24, 2.45) is 5.92 Å². The summed E-state index contributed by atoms with van der Waals surface area (Å²) in [5, 5.41) is 39.6. The van der Waals surface area contributed by atoms with Gasteiger partial charge >= 0.3 is 29.4 Å². The summed E-state index contributed by atoms with van der Waals surface area (Å²) in [5.74, 6) is -2.21. The second-order valence-corrected chi connectivity index (χ2v) is 13.5. The predicted octanol–water partition coefficient (Wildman–Crippen LogP) is 0.0875. The highest BCUT2D eigenvalue weighted by molar-refractivity contribution is 7.61. The molecule has 0 aromatic carbocycles. The number of phosphoric ester groups is 3. The molecule has 8 N–H and O–H groups in total. The molecule has 18 nitrogen and oxygen atoms in total. The van der Waals surface area contributed by atoms with E-state index < -0.39 is 91.7 Å². The molecule has 0 fully saturated rings. The average molecular weight is 657 g/mol. The van der Waals surface area contributed by atoms with Gasteiger partial charge in [0.2, 0.25) is 0 Å². The molecule has 0 aromatic heterocycles. The number of aliphatic hydroxyl groups excluding tert-OH is 3. The summed E-state index contributed by atoms with van der Waals surface area (Å²) >= 11 is 0. The molecule has 0 amide bonds. The Kier molecular flexibility index (Phi) is 15.0. The summed E-state index contributed by atoms with van der Waals surface area (Å²) < 4.78 is 58.4. The lowest BCUT2D eigenvalue weighted by Gasteiger charge is -2.36. The largest absolute Gasteiger partial charge is 0.481 e. The summed E-state index contributed by atoms with van der Waals surface area (Å²) in [6.07, 6.45) is -2.33. The van der Waals surface area contributed by atoms with Crippen LogP contribution < -0.4 is 0 Å². The van der Waals surface area contributed by atoms with Crippen LogP contribution in [0.4, 0.5) is 0 Å². The molecule has 0 saturated heterocycles. The number of hydrogen-bond acceptors (Lipinski definition) is 13. The van der Waals surface area contributed by atoms with E-state index in [0.29, 0.717) is 0 Å². The van der Waals surface area contributed by atoms with Crippen LogP contribution in [-0.2, 0) is 41.1 Å². The average Bonchev–Trinajstić information content (AvgIpc) is 2.86. The Morgan fingerprint density at radius 2 is 1.51 bits per heavy atom. The zero-order valence-corrected chi connectivity index (χ0v) is 25.3. The van der Waals surface area contributed by atoms with Crippen molar-refractivity contribution < 1.29 is 81.1 Å². The highest BCUT2D eigenvalue weighted by Gasteiger charge is 2.38. The van der Waals surface area contributed by atoms with Gasteiger partial charge in [0.25, 0.3) is 0 Å². The van der Waals surface area contributed by atoms with Crippen LogP contribution in [-0.4, -0.2) is 114 Å². The minimum absolute atomic E-state index is 0.0370. The van der Waals surface area contributed by atoms with E-state index in [9.17, 15) is 43.6 Å². The third kappa shape index (κ3) is 13.9. The van der Waals surface area contributed by atoms with Crippen LogP contribution in [0.5, 0.6) is 0 Å². The van der Waals surface area contributed by atoms with Crippen LogP contribution >= 0.6 is 23.5 Å². The molecule has 41 heavy (non-hydrogen) atoms. The van der Waals surface area contributed by atoms with Crippen LogP contribution in [0.1, 0.15) is 27.7 Å². The Morgan fingerprint density at radius 1 is 0.951 bits per heavy atom. The van der Waals surface area contributed by atoms with Gasteiger partial charge in [-0.2, -0.15) is 4.31 Å². The molecule has 21 heteroatoms. The maximum Gasteiger partial charge on any atom is 0.481 e. The summed E-state index contributed by atoms with van der Waals surface area (Å²) in [4.78, 5) is 50.0. The first-order valence-corrected chi connectivity index (χ1v) is 16.6. The summed E-state index contributed by atoms with van der Waals surface area (Å²) in [5.41, 5.74) is -0.0370. The highest BCUT2D eigenvalue weighted by atomic mass is 31.3. The van der Waals surface area contributed by atoms with Gasteiger partial charge in [0, 0.05) is 18.7 Å². The standard InChI is InChI=1S/C20H38NO17P3/c1-12(18(23)19(24)13(2)21-7-5-6-16(8-21)20(25)26)10-34-40(30,31)38-41(32,33)35-11-17(9-22)36-14(3)15(4)37-39(27,28)29/h5-6,8,12-15,17-19,22-24H,7,9-11H2,1-4H3,(H,25,26)(H,30,31)(H,32,33)(H2,27,28,29)/t12?,13?,14-,15+,17-,18+,19-/m0/s1. The molecule has 1 heterocycles. The lowest BCUT2D eigenvalue weighted by Crippen LogP contribution is -2.48. The number of aliphatic hydroxyl groups is 3. The van der Waals surface area contributed by atoms with Gasteiger partial charge in [-0.25, -0.2) is 18.5 Å². The molecule has 1 aliphatic heterocycles. The fourth-order valence-corrected chi connectivity index (χ4v) is 6.12. The van der Waals surface area contributed by atoms with Gasteiger partial charge in [-0.05, 0) is 26.8 Å². The molecular formula is C20H38NO17P3. The maximum absolute atomic E-state index is 12.2. The molecule has 1 rings (SSSR count). The van der Waals surface area contributed by atoms with Crippen LogP contribution in [0.25, 0.3) is 0 Å². The monoisotopic (exact) mass is 657 g/mol. The zero-order valence-electron chi connectivity index (χ0n) is 22.6. The minimum atomic E-state index is -5.30. The first-order chi connectivity index (χ1) is 18.7. The quantitative estimate of drug-likeness (QED) is 0.0854. The van der Waals surface area contributed by atoms with Crippen molar-refractivity contribution in [1.82, 2.24) is 4.90 Å². The molecule has 0 saturated carbocycles. The molecule has 9 atom stereocenters. The highest BCUT2D eigenvalue weighted by Crippen LogP contribution is 2.60. The Labute approximate surface area is 236 Å². The van der Waals surface area contributed by atoms with Gasteiger partial charge in [0.1, 0.15) is 12.2 Å². The Bertz CT molecular complexity index is 1060. The first-order valence-electron chi connectivity index (χ1n) is 12.1. The molecular weight excluding hydrogens is 619 g/mol. The number of hydrogen-bond donors (Lipinski definition) is 8. The molecule has 0 aromatic rings. The van der Waals surface area contributed by atoms with Crippen LogP contribution in [0.15, 0.2) is 23.9 Å². The predicted molar refractivity (Wildman–Crippen MR) is 139 cm³/mol. The van der Waals surface area contributed by atoms with Crippen molar-refractivity contribution in [1.29, 1.82) is 0 Å². The molecule has 0 aliphatic carbocycles. The molecule has 0 spiro atoms. The Balaban J connectivity index is 2.64. The first kappa shape index (κ1) is 38.0. The third-order valence-electron chi connectivity index (χ3n) is 5.82. The van der Waals surface area contributed by atoms with Gasteiger partial charge in [-0.15, -0.1) is 0 Å². The minimum Gasteiger partial charge on any atom is -0.478 e. The second-order valence-electron chi connectivity index (χ2n) is 9.25. The second kappa shape index (κ2) is 16.1. The lowest BCUT2D eigenvalue weighted by molar-refractivity contribution is -0.132. The van der Waals surface area contributed by atoms with E-state index in [4.69, 9.17) is 19.6 Å². The van der Waals surface area contributed by atoms with Gasteiger partial charge in [0.05, 0.1) is 49.7 Å². The Hall–Kier alpha value is -1.04. The summed E-state index contributed by atoms with van der Waals surface area (Å²) in [6.45, 7) is 3.31. The van der Waals surface area contributed by atoms with Crippen molar-refractivity contribution in [3.05, 3.63) is 23.9 Å².